The minimum absolute atomic E-state index is 0.624. The van der Waals surface area contributed by atoms with Gasteiger partial charge < -0.3 is 0 Å². The quantitative estimate of drug-likeness (QED) is 0.620. The van der Waals surface area contributed by atoms with Gasteiger partial charge in [0.25, 0.3) is 0 Å². The molecule has 0 aliphatic heterocycles. The summed E-state index contributed by atoms with van der Waals surface area (Å²) < 4.78 is 3.16. The number of halogens is 1. The second kappa shape index (κ2) is 7.70. The predicted octanol–water partition coefficient (Wildman–Crippen LogP) is 5.38. The molecule has 0 radical (unpaired) electrons. The van der Waals surface area contributed by atoms with Crippen LogP contribution in [0.4, 0.5) is 0 Å². The van der Waals surface area contributed by atoms with Gasteiger partial charge in [-0.05, 0) is 53.7 Å². The van der Waals surface area contributed by atoms with Crippen LogP contribution in [0.3, 0.4) is 0 Å². The van der Waals surface area contributed by atoms with E-state index >= 15 is 0 Å². The third kappa shape index (κ3) is 3.78. The molecule has 1 fully saturated rings. The van der Waals surface area contributed by atoms with Crippen LogP contribution in [-0.2, 0) is 0 Å². The molecule has 0 atom stereocenters. The van der Waals surface area contributed by atoms with E-state index in [0.717, 1.165) is 20.8 Å². The van der Waals surface area contributed by atoms with Gasteiger partial charge in [0.05, 0.1) is 14.4 Å². The van der Waals surface area contributed by atoms with Crippen molar-refractivity contribution in [3.63, 3.8) is 0 Å². The summed E-state index contributed by atoms with van der Waals surface area (Å²) in [5, 5.41) is 6.95. The van der Waals surface area contributed by atoms with Crippen LogP contribution in [0.1, 0.15) is 39.0 Å². The highest BCUT2D eigenvalue weighted by Gasteiger charge is 2.13. The van der Waals surface area contributed by atoms with E-state index in [4.69, 9.17) is 5.10 Å². The average molecular weight is 398 g/mol. The lowest BCUT2D eigenvalue weighted by Gasteiger charge is -2.16. The maximum Gasteiger partial charge on any atom is 0.206 e. The lowest BCUT2D eigenvalue weighted by molar-refractivity contribution is 0.443. The van der Waals surface area contributed by atoms with E-state index in [2.05, 4.69) is 51.6 Å². The Balaban J connectivity index is 1.94. The molecule has 1 aliphatic rings. The van der Waals surface area contributed by atoms with Crippen LogP contribution in [0.25, 0.3) is 10.6 Å². The zero-order chi connectivity index (χ0) is 15.4. The van der Waals surface area contributed by atoms with E-state index in [-0.39, 0.29) is 0 Å². The molecule has 0 aromatic carbocycles. The first-order valence-corrected chi connectivity index (χ1v) is 10.3. The van der Waals surface area contributed by atoms with Crippen LogP contribution >= 0.6 is 38.6 Å². The van der Waals surface area contributed by atoms with E-state index in [1.807, 2.05) is 4.68 Å². The van der Waals surface area contributed by atoms with Crippen molar-refractivity contribution in [3.8, 4) is 10.6 Å². The van der Waals surface area contributed by atoms with E-state index in [1.54, 1.807) is 22.7 Å². The second-order valence-corrected chi connectivity index (χ2v) is 8.76. The Morgan fingerprint density at radius 1 is 1.32 bits per heavy atom. The van der Waals surface area contributed by atoms with Crippen molar-refractivity contribution in [2.75, 3.05) is 6.54 Å². The smallest absolute Gasteiger partial charge is 0.206 e. The van der Waals surface area contributed by atoms with E-state index < -0.39 is 0 Å². The Morgan fingerprint density at radius 2 is 2.14 bits per heavy atom. The number of nitrogens with zero attached hydrogens (tertiary/aromatic N) is 3. The van der Waals surface area contributed by atoms with Crippen molar-refractivity contribution in [2.24, 2.45) is 16.0 Å². The van der Waals surface area contributed by atoms with Crippen LogP contribution in [0.15, 0.2) is 31.4 Å². The number of hydrogen-bond acceptors (Lipinski definition) is 4. The van der Waals surface area contributed by atoms with Crippen LogP contribution in [-0.4, -0.2) is 17.4 Å². The van der Waals surface area contributed by atoms with Gasteiger partial charge in [-0.2, -0.15) is 5.10 Å². The van der Waals surface area contributed by atoms with Crippen LogP contribution < -0.4 is 4.80 Å². The fourth-order valence-electron chi connectivity index (χ4n) is 2.72. The molecular weight excluding hydrogens is 378 g/mol. The largest absolute Gasteiger partial charge is 0.258 e. The summed E-state index contributed by atoms with van der Waals surface area (Å²) in [4.78, 5) is 6.79. The number of hydrogen-bond donors (Lipinski definition) is 0. The molecule has 6 heteroatoms. The summed E-state index contributed by atoms with van der Waals surface area (Å²) in [6.45, 7) is 2.85. The predicted molar refractivity (Wildman–Crippen MR) is 99.9 cm³/mol. The van der Waals surface area contributed by atoms with Crippen LogP contribution in [0, 0.1) is 5.92 Å². The molecule has 0 bridgehead atoms. The zero-order valence-corrected chi connectivity index (χ0v) is 15.9. The topological polar surface area (TPSA) is 29.6 Å². The first kappa shape index (κ1) is 16.1. The molecule has 2 aromatic rings. The molecule has 22 heavy (non-hydrogen) atoms. The van der Waals surface area contributed by atoms with E-state index in [1.165, 1.54) is 37.0 Å². The third-order valence-corrected chi connectivity index (χ3v) is 6.35. The Bertz CT molecular complexity index is 705. The van der Waals surface area contributed by atoms with Crippen molar-refractivity contribution in [1.29, 1.82) is 0 Å². The second-order valence-electron chi connectivity index (χ2n) is 5.46. The standard InChI is InChI=1S/C16H20BrN3S2/c1-2-18-16-20(19-10-12-6-4-3-5-7-12)13(11-21-16)14-8-9-15(17)22-14/h8-12H,2-7H2,1H3. The Kier molecular flexibility index (Phi) is 5.66. The van der Waals surface area contributed by atoms with Crippen molar-refractivity contribution >= 4 is 44.8 Å². The Hall–Kier alpha value is -0.720. The number of rotatable bonds is 4. The molecule has 2 heterocycles. The highest BCUT2D eigenvalue weighted by molar-refractivity contribution is 9.11. The van der Waals surface area contributed by atoms with Gasteiger partial charge in [-0.15, -0.1) is 22.7 Å². The number of aromatic nitrogens is 1. The molecule has 118 valence electrons. The Labute approximate surface area is 147 Å². The molecule has 1 aliphatic carbocycles. The molecule has 2 aromatic heterocycles. The zero-order valence-electron chi connectivity index (χ0n) is 12.7. The van der Waals surface area contributed by atoms with Gasteiger partial charge in [-0.25, -0.2) is 4.68 Å². The first-order chi connectivity index (χ1) is 10.8. The molecule has 0 saturated heterocycles. The fourth-order valence-corrected chi connectivity index (χ4v) is 5.08. The van der Waals surface area contributed by atoms with Gasteiger partial charge in [0, 0.05) is 18.1 Å². The maximum atomic E-state index is 4.79. The SMILES string of the molecule is CCN=c1scc(-c2ccc(Br)s2)n1N=CC1CCCCC1. The first-order valence-electron chi connectivity index (χ1n) is 7.79. The lowest BCUT2D eigenvalue weighted by Crippen LogP contribution is -2.14. The van der Waals surface area contributed by atoms with Gasteiger partial charge in [0.1, 0.15) is 0 Å². The van der Waals surface area contributed by atoms with Gasteiger partial charge >= 0.3 is 0 Å². The minimum Gasteiger partial charge on any atom is -0.258 e. The van der Waals surface area contributed by atoms with Gasteiger partial charge in [-0.1, -0.05) is 19.3 Å². The number of thiophene rings is 1. The van der Waals surface area contributed by atoms with Crippen molar-refractivity contribution in [1.82, 2.24) is 4.68 Å². The monoisotopic (exact) mass is 397 g/mol. The number of thiazole rings is 1. The van der Waals surface area contributed by atoms with Crippen LogP contribution in [0.5, 0.6) is 0 Å². The maximum absolute atomic E-state index is 4.79. The third-order valence-electron chi connectivity index (χ3n) is 3.85. The summed E-state index contributed by atoms with van der Waals surface area (Å²) in [5.41, 5.74) is 1.14. The molecule has 1 saturated carbocycles. The normalized spacial score (nSPS) is 17.6. The molecule has 0 unspecified atom stereocenters. The summed E-state index contributed by atoms with van der Waals surface area (Å²) >= 11 is 6.94. The average Bonchev–Trinajstić information content (AvgIpc) is 3.13. The van der Waals surface area contributed by atoms with E-state index in [9.17, 15) is 0 Å². The highest BCUT2D eigenvalue weighted by atomic mass is 79.9. The van der Waals surface area contributed by atoms with Gasteiger partial charge in [0.2, 0.25) is 4.80 Å². The Morgan fingerprint density at radius 3 is 2.82 bits per heavy atom. The molecule has 0 spiro atoms. The fraction of sp³-hybridized carbons (Fsp3) is 0.500. The summed E-state index contributed by atoms with van der Waals surface area (Å²) in [6.07, 6.45) is 8.74. The molecule has 3 nitrogen and oxygen atoms in total. The molecule has 3 rings (SSSR count). The summed E-state index contributed by atoms with van der Waals surface area (Å²) in [6, 6.07) is 4.22. The molecule has 0 amide bonds. The molecular formula is C16H20BrN3S2. The summed E-state index contributed by atoms with van der Waals surface area (Å²) in [7, 11) is 0. The van der Waals surface area contributed by atoms with Gasteiger partial charge in [0.15, 0.2) is 0 Å². The highest BCUT2D eigenvalue weighted by Crippen LogP contribution is 2.31. The lowest BCUT2D eigenvalue weighted by atomic mass is 9.90. The van der Waals surface area contributed by atoms with Crippen molar-refractivity contribution < 1.29 is 0 Å². The van der Waals surface area contributed by atoms with E-state index in [0.29, 0.717) is 5.92 Å². The van der Waals surface area contributed by atoms with Crippen LogP contribution in [0.2, 0.25) is 0 Å². The minimum atomic E-state index is 0.624. The van der Waals surface area contributed by atoms with Crippen molar-refractivity contribution in [3.05, 3.63) is 26.1 Å². The van der Waals surface area contributed by atoms with Crippen molar-refractivity contribution in [2.45, 2.75) is 39.0 Å². The molecule has 0 N–H and O–H groups in total. The van der Waals surface area contributed by atoms with Gasteiger partial charge in [-0.3, -0.25) is 4.99 Å². The summed E-state index contributed by atoms with van der Waals surface area (Å²) in [5.74, 6) is 0.624.